The van der Waals surface area contributed by atoms with E-state index in [0.717, 1.165) is 0 Å². The third kappa shape index (κ3) is 2.66. The third-order valence-corrected chi connectivity index (χ3v) is 2.62. The van der Waals surface area contributed by atoms with Crippen LogP contribution in [0.15, 0.2) is 18.2 Å². The minimum Gasteiger partial charge on any atom is -0.497 e. The number of hydrogen-bond acceptors (Lipinski definition) is 3. The second-order valence-electron chi connectivity index (χ2n) is 2.70. The Bertz CT molecular complexity index is 339. The van der Waals surface area contributed by atoms with Gasteiger partial charge in [0.1, 0.15) is 5.75 Å². The highest BCUT2D eigenvalue weighted by atomic mass is 35.5. The summed E-state index contributed by atoms with van der Waals surface area (Å²) in [7, 11) is 1.56. The summed E-state index contributed by atoms with van der Waals surface area (Å²) in [4.78, 5) is 11.5. The lowest BCUT2D eigenvalue weighted by Gasteiger charge is -2.04. The van der Waals surface area contributed by atoms with Crippen molar-refractivity contribution in [3.63, 3.8) is 0 Å². The van der Waals surface area contributed by atoms with Gasteiger partial charge < -0.3 is 4.74 Å². The van der Waals surface area contributed by atoms with Crippen molar-refractivity contribution >= 4 is 29.1 Å². The summed E-state index contributed by atoms with van der Waals surface area (Å²) in [5, 5.41) is 0.448. The SMILES string of the molecule is COc1ccc(C(=O)CSC)c(Cl)c1. The second kappa shape index (κ2) is 5.27. The molecule has 0 saturated heterocycles. The molecule has 1 aromatic carbocycles. The summed E-state index contributed by atoms with van der Waals surface area (Å²) < 4.78 is 4.99. The molecule has 0 unspecified atom stereocenters. The van der Waals surface area contributed by atoms with Crippen LogP contribution in [0.1, 0.15) is 10.4 Å². The molecule has 76 valence electrons. The molecule has 0 aliphatic carbocycles. The minimum absolute atomic E-state index is 0.0464. The fraction of sp³-hybridized carbons (Fsp3) is 0.300. The lowest BCUT2D eigenvalue weighted by Crippen LogP contribution is -2.02. The van der Waals surface area contributed by atoms with E-state index in [9.17, 15) is 4.79 Å². The first kappa shape index (κ1) is 11.4. The standard InChI is InChI=1S/C10H11ClO2S/c1-13-7-3-4-8(9(11)5-7)10(12)6-14-2/h3-5H,6H2,1-2H3. The summed E-state index contributed by atoms with van der Waals surface area (Å²) in [6, 6.07) is 5.08. The van der Waals surface area contributed by atoms with Crippen molar-refractivity contribution in [3.8, 4) is 5.75 Å². The summed E-state index contributed by atoms with van der Waals surface area (Å²) in [6.45, 7) is 0. The summed E-state index contributed by atoms with van der Waals surface area (Å²) in [5.41, 5.74) is 0.557. The Morgan fingerprint density at radius 2 is 2.29 bits per heavy atom. The van der Waals surface area contributed by atoms with Crippen LogP contribution in [0, 0.1) is 0 Å². The molecule has 0 fully saturated rings. The molecule has 1 aromatic rings. The number of hydrogen-bond donors (Lipinski definition) is 0. The van der Waals surface area contributed by atoms with Gasteiger partial charge in [0.25, 0.3) is 0 Å². The molecule has 0 radical (unpaired) electrons. The van der Waals surface area contributed by atoms with Crippen LogP contribution in [-0.4, -0.2) is 24.9 Å². The van der Waals surface area contributed by atoms with E-state index in [1.54, 1.807) is 25.3 Å². The van der Waals surface area contributed by atoms with Gasteiger partial charge in [-0.15, -0.1) is 0 Å². The average Bonchev–Trinajstić information content (AvgIpc) is 2.17. The van der Waals surface area contributed by atoms with Crippen LogP contribution < -0.4 is 4.74 Å². The maximum atomic E-state index is 11.5. The molecule has 0 N–H and O–H groups in total. The molecule has 0 aromatic heterocycles. The Balaban J connectivity index is 2.94. The number of methoxy groups -OCH3 is 1. The highest BCUT2D eigenvalue weighted by Gasteiger charge is 2.09. The highest BCUT2D eigenvalue weighted by molar-refractivity contribution is 7.99. The number of carbonyl (C=O) groups excluding carboxylic acids is 1. The molecule has 4 heteroatoms. The number of thioether (sulfide) groups is 1. The summed E-state index contributed by atoms with van der Waals surface area (Å²) >= 11 is 7.41. The molecule has 0 saturated carbocycles. The molecule has 0 bridgehead atoms. The summed E-state index contributed by atoms with van der Waals surface area (Å²) in [6.07, 6.45) is 1.88. The first-order chi connectivity index (χ1) is 6.69. The van der Waals surface area contributed by atoms with Crippen LogP contribution in [0.2, 0.25) is 5.02 Å². The fourth-order valence-electron chi connectivity index (χ4n) is 1.06. The number of halogens is 1. The molecular formula is C10H11ClO2S. The molecular weight excluding hydrogens is 220 g/mol. The average molecular weight is 231 g/mol. The van der Waals surface area contributed by atoms with E-state index >= 15 is 0 Å². The number of benzene rings is 1. The topological polar surface area (TPSA) is 26.3 Å². The van der Waals surface area contributed by atoms with Crippen molar-refractivity contribution in [3.05, 3.63) is 28.8 Å². The molecule has 2 nitrogen and oxygen atoms in total. The molecule has 0 aliphatic rings. The van der Waals surface area contributed by atoms with Crippen LogP contribution >= 0.6 is 23.4 Å². The number of rotatable bonds is 4. The molecule has 1 rings (SSSR count). The second-order valence-corrected chi connectivity index (χ2v) is 3.98. The number of Topliss-reactive ketones (excluding diaryl/α,β-unsaturated/α-hetero) is 1. The maximum Gasteiger partial charge on any atom is 0.174 e. The lowest BCUT2D eigenvalue weighted by molar-refractivity contribution is 0.102. The van der Waals surface area contributed by atoms with Crippen LogP contribution in [-0.2, 0) is 0 Å². The van der Waals surface area contributed by atoms with Gasteiger partial charge in [-0.1, -0.05) is 11.6 Å². The smallest absolute Gasteiger partial charge is 0.174 e. The molecule has 0 atom stereocenters. The van der Waals surface area contributed by atoms with Gasteiger partial charge in [-0.3, -0.25) is 4.79 Å². The van der Waals surface area contributed by atoms with E-state index in [-0.39, 0.29) is 5.78 Å². The van der Waals surface area contributed by atoms with E-state index in [1.807, 2.05) is 6.26 Å². The predicted octanol–water partition coefficient (Wildman–Crippen LogP) is 2.89. The van der Waals surface area contributed by atoms with Gasteiger partial charge in [0, 0.05) is 5.56 Å². The zero-order chi connectivity index (χ0) is 10.6. The fourth-order valence-corrected chi connectivity index (χ4v) is 1.75. The van der Waals surface area contributed by atoms with Crippen LogP contribution in [0.4, 0.5) is 0 Å². The van der Waals surface area contributed by atoms with Gasteiger partial charge in [0.05, 0.1) is 17.9 Å². The Morgan fingerprint density at radius 3 is 2.79 bits per heavy atom. The van der Waals surface area contributed by atoms with Gasteiger partial charge in [-0.25, -0.2) is 0 Å². The van der Waals surface area contributed by atoms with E-state index in [2.05, 4.69) is 0 Å². The molecule has 0 spiro atoms. The van der Waals surface area contributed by atoms with Crippen LogP contribution in [0.25, 0.3) is 0 Å². The van der Waals surface area contributed by atoms with Gasteiger partial charge >= 0.3 is 0 Å². The molecule has 0 aliphatic heterocycles. The van der Waals surface area contributed by atoms with Crippen molar-refractivity contribution in [1.82, 2.24) is 0 Å². The van der Waals surface area contributed by atoms with Crippen molar-refractivity contribution in [2.45, 2.75) is 0 Å². The third-order valence-electron chi connectivity index (χ3n) is 1.75. The highest BCUT2D eigenvalue weighted by Crippen LogP contribution is 2.23. The Morgan fingerprint density at radius 1 is 1.57 bits per heavy atom. The first-order valence-electron chi connectivity index (χ1n) is 4.04. The molecule has 14 heavy (non-hydrogen) atoms. The van der Waals surface area contributed by atoms with Crippen molar-refractivity contribution < 1.29 is 9.53 Å². The lowest BCUT2D eigenvalue weighted by atomic mass is 10.1. The Hall–Kier alpha value is -0.670. The van der Waals surface area contributed by atoms with Gasteiger partial charge in [-0.05, 0) is 24.5 Å². The van der Waals surface area contributed by atoms with Gasteiger partial charge in [-0.2, -0.15) is 11.8 Å². The van der Waals surface area contributed by atoms with E-state index in [1.165, 1.54) is 11.8 Å². The largest absolute Gasteiger partial charge is 0.497 e. The first-order valence-corrected chi connectivity index (χ1v) is 5.82. The summed E-state index contributed by atoms with van der Waals surface area (Å²) in [5.74, 6) is 1.16. The van der Waals surface area contributed by atoms with E-state index in [0.29, 0.717) is 22.1 Å². The van der Waals surface area contributed by atoms with E-state index < -0.39 is 0 Å². The monoisotopic (exact) mass is 230 g/mol. The zero-order valence-corrected chi connectivity index (χ0v) is 9.61. The number of ketones is 1. The minimum atomic E-state index is 0.0464. The van der Waals surface area contributed by atoms with Crippen molar-refractivity contribution in [1.29, 1.82) is 0 Å². The number of ether oxygens (including phenoxy) is 1. The van der Waals surface area contributed by atoms with Gasteiger partial charge in [0.15, 0.2) is 5.78 Å². The Labute approximate surface area is 92.6 Å². The quantitative estimate of drug-likeness (QED) is 0.744. The number of carbonyl (C=O) groups is 1. The maximum absolute atomic E-state index is 11.5. The molecule has 0 amide bonds. The molecule has 0 heterocycles. The zero-order valence-electron chi connectivity index (χ0n) is 8.04. The van der Waals surface area contributed by atoms with Crippen molar-refractivity contribution in [2.75, 3.05) is 19.1 Å². The van der Waals surface area contributed by atoms with Crippen LogP contribution in [0.5, 0.6) is 5.75 Å². The predicted molar refractivity (Wildman–Crippen MR) is 60.7 cm³/mol. The van der Waals surface area contributed by atoms with Gasteiger partial charge in [0.2, 0.25) is 0 Å². The van der Waals surface area contributed by atoms with Crippen molar-refractivity contribution in [2.24, 2.45) is 0 Å². The van der Waals surface area contributed by atoms with Crippen LogP contribution in [0.3, 0.4) is 0 Å². The Kier molecular flexibility index (Phi) is 4.29. The van der Waals surface area contributed by atoms with E-state index in [4.69, 9.17) is 16.3 Å². The normalized spacial score (nSPS) is 9.93.